The van der Waals surface area contributed by atoms with E-state index in [2.05, 4.69) is 27.7 Å². The zero-order chi connectivity index (χ0) is 17.5. The molecule has 0 aromatic carbocycles. The molecule has 1 heterocycles. The first-order chi connectivity index (χ1) is 11.3. The van der Waals surface area contributed by atoms with Crippen molar-refractivity contribution in [1.82, 2.24) is 0 Å². The Morgan fingerprint density at radius 1 is 1.38 bits per heavy atom. The Labute approximate surface area is 144 Å². The molecule has 0 amide bonds. The fourth-order valence-electron chi connectivity index (χ4n) is 6.84. The van der Waals surface area contributed by atoms with Gasteiger partial charge in [0, 0.05) is 11.3 Å². The van der Waals surface area contributed by atoms with Crippen LogP contribution < -0.4 is 0 Å². The van der Waals surface area contributed by atoms with Crippen LogP contribution >= 0.6 is 0 Å². The smallest absolute Gasteiger partial charge is 0.309 e. The number of carbonyl (C=O) groups excluding carboxylic acids is 2. The fraction of sp³-hybridized carbons (Fsp3) is 0.900. The number of hydrogen-bond acceptors (Lipinski definition) is 4. The van der Waals surface area contributed by atoms with Crippen LogP contribution in [0.25, 0.3) is 0 Å². The summed E-state index contributed by atoms with van der Waals surface area (Å²) in [5, 5.41) is 0. The first-order valence-corrected chi connectivity index (χ1v) is 9.67. The van der Waals surface area contributed by atoms with Crippen molar-refractivity contribution in [2.24, 2.45) is 35.0 Å². The molecule has 4 fully saturated rings. The predicted octanol–water partition coefficient (Wildman–Crippen LogP) is 3.37. The Kier molecular flexibility index (Phi) is 3.34. The van der Waals surface area contributed by atoms with Crippen LogP contribution in [0, 0.1) is 35.0 Å². The highest BCUT2D eigenvalue weighted by molar-refractivity contribution is 5.97. The first kappa shape index (κ1) is 16.6. The molecule has 4 heteroatoms. The quantitative estimate of drug-likeness (QED) is 0.586. The van der Waals surface area contributed by atoms with Gasteiger partial charge in [-0.2, -0.15) is 0 Å². The summed E-state index contributed by atoms with van der Waals surface area (Å²) in [4.78, 5) is 26.4. The molecule has 0 aromatic rings. The maximum absolute atomic E-state index is 13.6. The van der Waals surface area contributed by atoms with Crippen LogP contribution in [0.15, 0.2) is 0 Å². The van der Waals surface area contributed by atoms with Crippen molar-refractivity contribution >= 4 is 11.8 Å². The van der Waals surface area contributed by atoms with Gasteiger partial charge < -0.3 is 9.47 Å². The van der Waals surface area contributed by atoms with E-state index >= 15 is 0 Å². The van der Waals surface area contributed by atoms with Crippen LogP contribution in [0.1, 0.15) is 60.3 Å². The van der Waals surface area contributed by atoms with Gasteiger partial charge in [0.1, 0.15) is 5.60 Å². The van der Waals surface area contributed by atoms with Gasteiger partial charge in [-0.3, -0.25) is 9.59 Å². The second-order valence-corrected chi connectivity index (χ2v) is 9.07. The second-order valence-electron chi connectivity index (χ2n) is 9.07. The minimum Gasteiger partial charge on any atom is -0.466 e. The lowest BCUT2D eigenvalue weighted by Crippen LogP contribution is -2.55. The molecule has 2 bridgehead atoms. The number of ketones is 1. The molecule has 0 unspecified atom stereocenters. The SMILES string of the molecule is CCOC(=O)[C@@H]1C[C@H]2C[C@@]13[C@H](C)CC[C@@H](C(C)C)C(=O)[C@]31O[C@]21C. The molecule has 2 spiro atoms. The molecule has 1 saturated heterocycles. The number of hydrogen-bond donors (Lipinski definition) is 0. The lowest BCUT2D eigenvalue weighted by molar-refractivity contribution is -0.158. The van der Waals surface area contributed by atoms with E-state index in [1.54, 1.807) is 0 Å². The Morgan fingerprint density at radius 2 is 2.08 bits per heavy atom. The van der Waals surface area contributed by atoms with E-state index in [0.29, 0.717) is 24.4 Å². The molecule has 0 aromatic heterocycles. The number of epoxide rings is 1. The third-order valence-electron chi connectivity index (χ3n) is 8.03. The summed E-state index contributed by atoms with van der Waals surface area (Å²) in [6.07, 6.45) is 3.69. The normalized spacial score (nSPS) is 52.0. The van der Waals surface area contributed by atoms with Gasteiger partial charge in [-0.25, -0.2) is 0 Å². The summed E-state index contributed by atoms with van der Waals surface area (Å²) < 4.78 is 11.8. The number of carbonyl (C=O) groups is 2. The lowest BCUT2D eigenvalue weighted by atomic mass is 9.57. The van der Waals surface area contributed by atoms with Crippen molar-refractivity contribution in [3.8, 4) is 0 Å². The number of esters is 1. The Bertz CT molecular complexity index is 598. The number of rotatable bonds is 3. The van der Waals surface area contributed by atoms with Gasteiger partial charge in [0.25, 0.3) is 0 Å². The van der Waals surface area contributed by atoms with E-state index in [-0.39, 0.29) is 34.6 Å². The monoisotopic (exact) mass is 334 g/mol. The first-order valence-electron chi connectivity index (χ1n) is 9.67. The summed E-state index contributed by atoms with van der Waals surface area (Å²) in [6.45, 7) is 10.9. The highest BCUT2D eigenvalue weighted by Crippen LogP contribution is 2.82. The molecule has 134 valence electrons. The third-order valence-corrected chi connectivity index (χ3v) is 8.03. The molecule has 3 saturated carbocycles. The van der Waals surface area contributed by atoms with Crippen LogP contribution in [-0.4, -0.2) is 29.6 Å². The van der Waals surface area contributed by atoms with Crippen molar-refractivity contribution in [2.45, 2.75) is 71.5 Å². The maximum atomic E-state index is 13.6. The molecule has 4 nitrogen and oxygen atoms in total. The van der Waals surface area contributed by atoms with Gasteiger partial charge in [0.2, 0.25) is 0 Å². The fourth-order valence-corrected chi connectivity index (χ4v) is 6.84. The summed E-state index contributed by atoms with van der Waals surface area (Å²) >= 11 is 0. The van der Waals surface area contributed by atoms with Crippen LogP contribution in [0.4, 0.5) is 0 Å². The zero-order valence-electron chi connectivity index (χ0n) is 15.6. The molecule has 24 heavy (non-hydrogen) atoms. The maximum Gasteiger partial charge on any atom is 0.309 e. The molecule has 7 atom stereocenters. The molecular weight excluding hydrogens is 304 g/mol. The van der Waals surface area contributed by atoms with Crippen molar-refractivity contribution < 1.29 is 19.1 Å². The second kappa shape index (κ2) is 4.84. The van der Waals surface area contributed by atoms with Crippen LogP contribution in [0.5, 0.6) is 0 Å². The van der Waals surface area contributed by atoms with E-state index in [0.717, 1.165) is 25.7 Å². The topological polar surface area (TPSA) is 55.9 Å². The Hall–Kier alpha value is -0.900. The van der Waals surface area contributed by atoms with Crippen molar-refractivity contribution in [1.29, 1.82) is 0 Å². The highest BCUT2D eigenvalue weighted by atomic mass is 16.6. The minimum atomic E-state index is -0.731. The molecule has 1 aliphatic heterocycles. The number of fused-ring (bicyclic) bond motifs is 2. The van der Waals surface area contributed by atoms with Gasteiger partial charge in [-0.15, -0.1) is 0 Å². The van der Waals surface area contributed by atoms with Gasteiger partial charge in [-0.05, 0) is 57.3 Å². The summed E-state index contributed by atoms with van der Waals surface area (Å²) in [5.41, 5.74) is -1.43. The third kappa shape index (κ3) is 1.55. The number of Topliss-reactive ketones (excluding diaryl/α,β-unsaturated/α-hetero) is 1. The van der Waals surface area contributed by atoms with Crippen molar-refractivity contribution in [2.75, 3.05) is 6.61 Å². The van der Waals surface area contributed by atoms with E-state index in [1.165, 1.54) is 0 Å². The molecule has 0 N–H and O–H groups in total. The van der Waals surface area contributed by atoms with Gasteiger partial charge >= 0.3 is 5.97 Å². The van der Waals surface area contributed by atoms with E-state index in [9.17, 15) is 9.59 Å². The van der Waals surface area contributed by atoms with Gasteiger partial charge in [0.15, 0.2) is 11.4 Å². The van der Waals surface area contributed by atoms with Gasteiger partial charge in [0.05, 0.1) is 12.5 Å². The predicted molar refractivity (Wildman–Crippen MR) is 89.2 cm³/mol. The Morgan fingerprint density at radius 3 is 2.71 bits per heavy atom. The summed E-state index contributed by atoms with van der Waals surface area (Å²) in [7, 11) is 0. The largest absolute Gasteiger partial charge is 0.466 e. The average Bonchev–Trinajstić information content (AvgIpc) is 2.95. The van der Waals surface area contributed by atoms with E-state index in [1.807, 2.05) is 6.92 Å². The van der Waals surface area contributed by atoms with Crippen molar-refractivity contribution in [3.05, 3.63) is 0 Å². The van der Waals surface area contributed by atoms with Crippen molar-refractivity contribution in [3.63, 3.8) is 0 Å². The summed E-state index contributed by atoms with van der Waals surface area (Å²) in [5.74, 6) is 0.986. The minimum absolute atomic E-state index is 0.0517. The molecule has 0 radical (unpaired) electrons. The Balaban J connectivity index is 1.83. The zero-order valence-corrected chi connectivity index (χ0v) is 15.6. The highest BCUT2D eigenvalue weighted by Gasteiger charge is 2.92. The number of ether oxygens (including phenoxy) is 2. The summed E-state index contributed by atoms with van der Waals surface area (Å²) in [6, 6.07) is 0. The van der Waals surface area contributed by atoms with Gasteiger partial charge in [-0.1, -0.05) is 20.8 Å². The molecule has 3 aliphatic carbocycles. The lowest BCUT2D eigenvalue weighted by Gasteiger charge is -2.42. The van der Waals surface area contributed by atoms with Crippen LogP contribution in [0.3, 0.4) is 0 Å². The molecule has 4 rings (SSSR count). The standard InChI is InChI=1S/C20H30O4/c1-6-23-17(22)15-9-13-10-19(15)12(4)7-8-14(11(2)3)16(21)20(19)18(13,5)24-20/h11-15H,6-10H2,1-5H3/t12-,13+,14+,15+,18-,19-,20-/m1/s1. The van der Waals surface area contributed by atoms with E-state index < -0.39 is 5.60 Å². The van der Waals surface area contributed by atoms with E-state index in [4.69, 9.17) is 9.47 Å². The average molecular weight is 334 g/mol. The molecular formula is C20H30O4. The van der Waals surface area contributed by atoms with Crippen LogP contribution in [0.2, 0.25) is 0 Å². The van der Waals surface area contributed by atoms with Crippen LogP contribution in [-0.2, 0) is 19.1 Å². The molecule has 4 aliphatic rings.